The summed E-state index contributed by atoms with van der Waals surface area (Å²) in [4.78, 5) is 12.6. The number of hydrogen-bond donors (Lipinski definition) is 1. The van der Waals surface area contributed by atoms with Crippen molar-refractivity contribution in [3.63, 3.8) is 0 Å². The van der Waals surface area contributed by atoms with Gasteiger partial charge in [-0.05, 0) is 12.1 Å². The summed E-state index contributed by atoms with van der Waals surface area (Å²) in [7, 11) is 7.70. The average Bonchev–Trinajstić information content (AvgIpc) is 3.20. The van der Waals surface area contributed by atoms with E-state index in [1.807, 2.05) is 30.3 Å². The molecule has 33 heavy (non-hydrogen) atoms. The molecule has 1 heterocycles. The molecule has 176 valence electrons. The largest absolute Gasteiger partial charge is 0.497 e. The molecule has 0 bridgehead atoms. The molecule has 0 aliphatic carbocycles. The Morgan fingerprint density at radius 2 is 1.73 bits per heavy atom. The van der Waals surface area contributed by atoms with Crippen LogP contribution in [0.5, 0.6) is 17.2 Å². The van der Waals surface area contributed by atoms with E-state index in [1.54, 1.807) is 31.0 Å². The molecule has 2 aromatic carbocycles. The van der Waals surface area contributed by atoms with Gasteiger partial charge in [0.2, 0.25) is 0 Å². The summed E-state index contributed by atoms with van der Waals surface area (Å²) in [5.74, 6) is 1.42. The molecule has 1 aromatic heterocycles. The van der Waals surface area contributed by atoms with E-state index in [0.717, 1.165) is 17.0 Å². The average molecular weight is 457 g/mol. The van der Waals surface area contributed by atoms with E-state index < -0.39 is 5.97 Å². The second-order valence-corrected chi connectivity index (χ2v) is 6.83. The first-order chi connectivity index (χ1) is 16.0. The molecule has 0 saturated heterocycles. The fourth-order valence-corrected chi connectivity index (χ4v) is 3.09. The monoisotopic (exact) mass is 457 g/mol. The van der Waals surface area contributed by atoms with E-state index in [0.29, 0.717) is 17.3 Å². The van der Waals surface area contributed by atoms with Crippen molar-refractivity contribution in [2.24, 2.45) is 7.05 Å². The number of nitrogens with zero attached hydrogens (tertiary/aromatic N) is 2. The lowest BCUT2D eigenvalue weighted by molar-refractivity contribution is 0.0436. The van der Waals surface area contributed by atoms with Gasteiger partial charge in [0.1, 0.15) is 28.6 Å². The highest BCUT2D eigenvalue weighted by atomic mass is 16.7. The van der Waals surface area contributed by atoms with Crippen molar-refractivity contribution >= 4 is 17.5 Å². The Labute approximate surface area is 191 Å². The first kappa shape index (κ1) is 23.9. The molecule has 0 atom stereocenters. The van der Waals surface area contributed by atoms with Crippen LogP contribution < -0.4 is 19.5 Å². The van der Waals surface area contributed by atoms with Crippen LogP contribution in [0.1, 0.15) is 10.4 Å². The molecular weight excluding hydrogens is 430 g/mol. The lowest BCUT2D eigenvalue weighted by Gasteiger charge is -2.17. The Kier molecular flexibility index (Phi) is 8.11. The smallest absolute Gasteiger partial charge is 0.343 e. The normalized spacial score (nSPS) is 10.6. The molecule has 10 heteroatoms. The highest BCUT2D eigenvalue weighted by Crippen LogP contribution is 2.36. The summed E-state index contributed by atoms with van der Waals surface area (Å²) < 4.78 is 33.1. The molecular formula is C23H27N3O7. The quantitative estimate of drug-likeness (QED) is 0.342. The van der Waals surface area contributed by atoms with E-state index in [4.69, 9.17) is 28.4 Å². The summed E-state index contributed by atoms with van der Waals surface area (Å²) in [5.41, 5.74) is 2.19. The molecule has 0 aliphatic rings. The van der Waals surface area contributed by atoms with E-state index in [-0.39, 0.29) is 24.9 Å². The Balaban J connectivity index is 2.03. The topological polar surface area (TPSA) is 102 Å². The fourth-order valence-electron chi connectivity index (χ4n) is 3.09. The van der Waals surface area contributed by atoms with Crippen LogP contribution in [0, 0.1) is 0 Å². The first-order valence-electron chi connectivity index (χ1n) is 9.96. The van der Waals surface area contributed by atoms with Crippen molar-refractivity contribution in [2.45, 2.75) is 0 Å². The SMILES string of the molecule is COCOc1cc(Nc2cc(-c3cccc(OC)c3)nn2C)c(C(=O)OC)c(OCOC)c1. The van der Waals surface area contributed by atoms with Gasteiger partial charge in [-0.1, -0.05) is 12.1 Å². The second kappa shape index (κ2) is 11.2. The number of ether oxygens (including phenoxy) is 6. The van der Waals surface area contributed by atoms with Crippen molar-refractivity contribution in [1.29, 1.82) is 0 Å². The van der Waals surface area contributed by atoms with Crippen molar-refractivity contribution in [1.82, 2.24) is 9.78 Å². The van der Waals surface area contributed by atoms with Gasteiger partial charge in [-0.25, -0.2) is 4.79 Å². The van der Waals surface area contributed by atoms with Gasteiger partial charge in [0.15, 0.2) is 13.6 Å². The predicted molar refractivity (Wildman–Crippen MR) is 121 cm³/mol. The van der Waals surface area contributed by atoms with Crippen LogP contribution in [0.3, 0.4) is 0 Å². The Bertz CT molecular complexity index is 1100. The molecule has 3 aromatic rings. The zero-order valence-electron chi connectivity index (χ0n) is 19.2. The maximum absolute atomic E-state index is 12.6. The molecule has 0 aliphatic heterocycles. The number of carbonyl (C=O) groups is 1. The standard InChI is InChI=1S/C23H27N3O7/c1-26-21(12-18(25-26)15-7-6-8-16(9-15)30-4)24-19-10-17(32-13-28-2)11-20(33-14-29-3)22(19)23(27)31-5/h6-12,24H,13-14H2,1-5H3. The predicted octanol–water partition coefficient (Wildman–Crippen LogP) is 3.59. The highest BCUT2D eigenvalue weighted by molar-refractivity contribution is 6.00. The molecule has 0 saturated carbocycles. The van der Waals surface area contributed by atoms with E-state index >= 15 is 0 Å². The second-order valence-electron chi connectivity index (χ2n) is 6.83. The van der Waals surface area contributed by atoms with Crippen LogP contribution in [-0.2, 0) is 21.3 Å². The molecule has 0 spiro atoms. The number of aryl methyl sites for hydroxylation is 1. The Morgan fingerprint density at radius 3 is 2.42 bits per heavy atom. The van der Waals surface area contributed by atoms with Gasteiger partial charge < -0.3 is 33.7 Å². The Hall–Kier alpha value is -3.76. The molecule has 0 fully saturated rings. The number of methoxy groups -OCH3 is 4. The minimum Gasteiger partial charge on any atom is -0.497 e. The van der Waals surface area contributed by atoms with E-state index in [9.17, 15) is 4.79 Å². The van der Waals surface area contributed by atoms with Gasteiger partial charge in [-0.15, -0.1) is 0 Å². The van der Waals surface area contributed by atoms with Crippen molar-refractivity contribution in [2.75, 3.05) is 47.3 Å². The molecule has 3 rings (SSSR count). The maximum atomic E-state index is 12.6. The van der Waals surface area contributed by atoms with Crippen LogP contribution in [0.15, 0.2) is 42.5 Å². The van der Waals surface area contributed by atoms with Crippen LogP contribution in [0.25, 0.3) is 11.3 Å². The number of anilines is 2. The van der Waals surface area contributed by atoms with Gasteiger partial charge in [-0.2, -0.15) is 5.10 Å². The minimum atomic E-state index is -0.586. The number of hydrogen-bond acceptors (Lipinski definition) is 9. The summed E-state index contributed by atoms with van der Waals surface area (Å²) >= 11 is 0. The van der Waals surface area contributed by atoms with E-state index in [2.05, 4.69) is 10.4 Å². The lowest BCUT2D eigenvalue weighted by Crippen LogP contribution is -2.12. The molecule has 0 unspecified atom stereocenters. The highest BCUT2D eigenvalue weighted by Gasteiger charge is 2.22. The van der Waals surface area contributed by atoms with Crippen LogP contribution in [-0.4, -0.2) is 57.8 Å². The zero-order chi connectivity index (χ0) is 23.8. The van der Waals surface area contributed by atoms with Crippen LogP contribution in [0.2, 0.25) is 0 Å². The van der Waals surface area contributed by atoms with Crippen molar-refractivity contribution in [3.8, 4) is 28.5 Å². The summed E-state index contributed by atoms with van der Waals surface area (Å²) in [6.07, 6.45) is 0. The van der Waals surface area contributed by atoms with Gasteiger partial charge in [-0.3, -0.25) is 4.68 Å². The Morgan fingerprint density at radius 1 is 0.970 bits per heavy atom. The van der Waals surface area contributed by atoms with E-state index in [1.165, 1.54) is 21.3 Å². The molecule has 1 N–H and O–H groups in total. The van der Waals surface area contributed by atoms with Crippen LogP contribution in [0.4, 0.5) is 11.5 Å². The van der Waals surface area contributed by atoms with Crippen molar-refractivity contribution < 1.29 is 33.2 Å². The van der Waals surface area contributed by atoms with Gasteiger partial charge >= 0.3 is 5.97 Å². The van der Waals surface area contributed by atoms with Gasteiger partial charge in [0, 0.05) is 45.0 Å². The number of aromatic nitrogens is 2. The molecule has 0 radical (unpaired) electrons. The number of rotatable bonds is 11. The zero-order valence-corrected chi connectivity index (χ0v) is 19.2. The summed E-state index contributed by atoms with van der Waals surface area (Å²) in [5, 5.41) is 7.81. The third-order valence-corrected chi connectivity index (χ3v) is 4.65. The number of carbonyl (C=O) groups excluding carboxylic acids is 1. The summed E-state index contributed by atoms with van der Waals surface area (Å²) in [6, 6.07) is 12.7. The molecule has 0 amide bonds. The van der Waals surface area contributed by atoms with Crippen molar-refractivity contribution in [3.05, 3.63) is 48.0 Å². The van der Waals surface area contributed by atoms with Crippen LogP contribution >= 0.6 is 0 Å². The lowest BCUT2D eigenvalue weighted by atomic mass is 10.1. The summed E-state index contributed by atoms with van der Waals surface area (Å²) in [6.45, 7) is -0.0463. The number of benzene rings is 2. The fraction of sp³-hybridized carbons (Fsp3) is 0.304. The number of esters is 1. The van der Waals surface area contributed by atoms with Gasteiger partial charge in [0.25, 0.3) is 0 Å². The third kappa shape index (κ3) is 5.73. The molecule has 10 nitrogen and oxygen atoms in total. The minimum absolute atomic E-state index is 0.0203. The van der Waals surface area contributed by atoms with Gasteiger partial charge in [0.05, 0.1) is 25.6 Å². The third-order valence-electron chi connectivity index (χ3n) is 4.65. The number of nitrogens with one attached hydrogen (secondary N) is 1. The first-order valence-corrected chi connectivity index (χ1v) is 9.96. The maximum Gasteiger partial charge on any atom is 0.343 e.